The van der Waals surface area contributed by atoms with Crippen LogP contribution in [0.5, 0.6) is 0 Å². The summed E-state index contributed by atoms with van der Waals surface area (Å²) in [4.78, 5) is 23.3. The number of carbonyl (C=O) groups excluding carboxylic acids is 2. The highest BCUT2D eigenvalue weighted by molar-refractivity contribution is 6.42. The molecular weight excluding hydrogens is 301 g/mol. The first-order valence-corrected chi connectivity index (χ1v) is 7.21. The molecule has 0 aliphatic heterocycles. The number of carboxylic acids is 1. The number of carboxylic acid groups (broad SMARTS) is 1. The summed E-state index contributed by atoms with van der Waals surface area (Å²) < 4.78 is 0. The zero-order valence-corrected chi connectivity index (χ0v) is 12.2. The predicted octanol–water partition coefficient (Wildman–Crippen LogP) is 2.49. The minimum absolute atomic E-state index is 0.308. The molecule has 1 amide bonds. The number of nitrogens with one attached hydrogen (secondary N) is 1. The Morgan fingerprint density at radius 2 is 1.75 bits per heavy atom. The number of carbonyl (C=O) groups is 2. The van der Waals surface area contributed by atoms with Gasteiger partial charge in [0, 0.05) is 23.5 Å². The van der Waals surface area contributed by atoms with Crippen LogP contribution in [0.25, 0.3) is 0 Å². The van der Waals surface area contributed by atoms with Crippen molar-refractivity contribution in [1.82, 2.24) is 0 Å². The van der Waals surface area contributed by atoms with Gasteiger partial charge >= 0.3 is 0 Å². The van der Waals surface area contributed by atoms with Gasteiger partial charge in [-0.25, -0.2) is 0 Å². The fraction of sp³-hybridized carbons (Fsp3) is 0.429. The molecule has 20 heavy (non-hydrogen) atoms. The van der Waals surface area contributed by atoms with Crippen LogP contribution in [-0.2, 0) is 9.59 Å². The van der Waals surface area contributed by atoms with Gasteiger partial charge in [-0.1, -0.05) is 36.0 Å². The van der Waals surface area contributed by atoms with E-state index in [0.717, 1.165) is 12.8 Å². The molecular formula is C14H14Cl2NO3-. The minimum atomic E-state index is -1.15. The average molecular weight is 315 g/mol. The van der Waals surface area contributed by atoms with Crippen LogP contribution in [0, 0.1) is 11.8 Å². The first kappa shape index (κ1) is 15.1. The molecule has 0 spiro atoms. The molecule has 0 unspecified atom stereocenters. The van der Waals surface area contributed by atoms with Crippen LogP contribution in [0.1, 0.15) is 25.7 Å². The van der Waals surface area contributed by atoms with E-state index >= 15 is 0 Å². The SMILES string of the molecule is O=C([O-])[C@@H]1CCCC[C@H]1C(=O)Nc1ccc(Cl)c(Cl)c1. The summed E-state index contributed by atoms with van der Waals surface area (Å²) in [5.74, 6) is -2.73. The summed E-state index contributed by atoms with van der Waals surface area (Å²) in [6, 6.07) is 4.75. The highest BCUT2D eigenvalue weighted by Gasteiger charge is 2.31. The molecule has 108 valence electrons. The molecule has 0 radical (unpaired) electrons. The molecule has 0 aromatic heterocycles. The third-order valence-electron chi connectivity index (χ3n) is 3.59. The van der Waals surface area contributed by atoms with Crippen molar-refractivity contribution >= 4 is 40.8 Å². The first-order valence-electron chi connectivity index (χ1n) is 6.46. The van der Waals surface area contributed by atoms with Crippen molar-refractivity contribution in [3.63, 3.8) is 0 Å². The molecule has 1 aliphatic carbocycles. The Labute approximate surface area is 127 Å². The van der Waals surface area contributed by atoms with Crippen molar-refractivity contribution in [2.24, 2.45) is 11.8 Å². The van der Waals surface area contributed by atoms with Crippen LogP contribution < -0.4 is 10.4 Å². The van der Waals surface area contributed by atoms with E-state index in [1.165, 1.54) is 0 Å². The van der Waals surface area contributed by atoms with Crippen LogP contribution in [0.15, 0.2) is 18.2 Å². The fourth-order valence-electron chi connectivity index (χ4n) is 2.54. The van der Waals surface area contributed by atoms with Crippen molar-refractivity contribution in [3.05, 3.63) is 28.2 Å². The Hall–Kier alpha value is -1.26. The minimum Gasteiger partial charge on any atom is -0.550 e. The summed E-state index contributed by atoms with van der Waals surface area (Å²) in [6.45, 7) is 0. The Kier molecular flexibility index (Phi) is 4.89. The zero-order chi connectivity index (χ0) is 14.7. The van der Waals surface area contributed by atoms with Gasteiger partial charge in [-0.2, -0.15) is 0 Å². The van der Waals surface area contributed by atoms with Crippen LogP contribution in [0.3, 0.4) is 0 Å². The molecule has 1 aromatic carbocycles. The number of amides is 1. The van der Waals surface area contributed by atoms with Crippen molar-refractivity contribution in [2.45, 2.75) is 25.7 Å². The van der Waals surface area contributed by atoms with Gasteiger partial charge in [-0.15, -0.1) is 0 Å². The molecule has 1 fully saturated rings. The van der Waals surface area contributed by atoms with Crippen LogP contribution in [0.2, 0.25) is 10.0 Å². The lowest BCUT2D eigenvalue weighted by atomic mass is 9.78. The molecule has 1 N–H and O–H groups in total. The maximum absolute atomic E-state index is 12.2. The van der Waals surface area contributed by atoms with Gasteiger partial charge in [0.25, 0.3) is 0 Å². The van der Waals surface area contributed by atoms with E-state index in [2.05, 4.69) is 5.32 Å². The monoisotopic (exact) mass is 314 g/mol. The fourth-order valence-corrected chi connectivity index (χ4v) is 2.83. The van der Waals surface area contributed by atoms with Gasteiger partial charge < -0.3 is 15.2 Å². The largest absolute Gasteiger partial charge is 0.550 e. The number of hydrogen-bond acceptors (Lipinski definition) is 3. The maximum Gasteiger partial charge on any atom is 0.228 e. The van der Waals surface area contributed by atoms with E-state index in [1.54, 1.807) is 18.2 Å². The van der Waals surface area contributed by atoms with Gasteiger partial charge in [0.05, 0.1) is 10.0 Å². The summed E-state index contributed by atoms with van der Waals surface area (Å²) in [5, 5.41) is 14.5. The third-order valence-corrected chi connectivity index (χ3v) is 4.33. The Morgan fingerprint density at radius 1 is 1.10 bits per heavy atom. The summed E-state index contributed by atoms with van der Waals surface area (Å²) in [5.41, 5.74) is 0.507. The summed E-state index contributed by atoms with van der Waals surface area (Å²) >= 11 is 11.7. The van der Waals surface area contributed by atoms with E-state index in [1.807, 2.05) is 0 Å². The van der Waals surface area contributed by atoms with Crippen molar-refractivity contribution in [3.8, 4) is 0 Å². The van der Waals surface area contributed by atoms with E-state index < -0.39 is 17.8 Å². The molecule has 0 saturated heterocycles. The van der Waals surface area contributed by atoms with Crippen molar-refractivity contribution < 1.29 is 14.7 Å². The standard InChI is InChI=1S/C14H15Cl2NO3/c15-11-6-5-8(7-12(11)16)17-13(18)9-3-1-2-4-10(9)14(19)20/h5-7,9-10H,1-4H2,(H,17,18)(H,19,20)/p-1/t9-,10-/m1/s1. The van der Waals surface area contributed by atoms with Gasteiger partial charge in [0.2, 0.25) is 5.91 Å². The van der Waals surface area contributed by atoms with E-state index in [0.29, 0.717) is 28.6 Å². The van der Waals surface area contributed by atoms with Crippen molar-refractivity contribution in [1.29, 1.82) is 0 Å². The smallest absolute Gasteiger partial charge is 0.228 e. The average Bonchev–Trinajstić information content (AvgIpc) is 2.43. The Balaban J connectivity index is 2.09. The maximum atomic E-state index is 12.2. The molecule has 2 atom stereocenters. The second-order valence-corrected chi connectivity index (χ2v) is 5.75. The normalized spacial score (nSPS) is 22.3. The highest BCUT2D eigenvalue weighted by Crippen LogP contribution is 2.31. The number of rotatable bonds is 3. The molecule has 1 aromatic rings. The zero-order valence-electron chi connectivity index (χ0n) is 10.7. The number of anilines is 1. The van der Waals surface area contributed by atoms with Gasteiger partial charge in [-0.05, 0) is 31.0 Å². The lowest BCUT2D eigenvalue weighted by Gasteiger charge is -2.31. The molecule has 6 heteroatoms. The summed E-state index contributed by atoms with van der Waals surface area (Å²) in [6.07, 6.45) is 2.71. The molecule has 1 saturated carbocycles. The second-order valence-electron chi connectivity index (χ2n) is 4.93. The van der Waals surface area contributed by atoms with Crippen LogP contribution in [-0.4, -0.2) is 11.9 Å². The molecule has 1 aliphatic rings. The van der Waals surface area contributed by atoms with Crippen LogP contribution in [0.4, 0.5) is 5.69 Å². The van der Waals surface area contributed by atoms with E-state index in [-0.39, 0.29) is 5.91 Å². The second kappa shape index (κ2) is 6.46. The molecule has 2 rings (SSSR count). The quantitative estimate of drug-likeness (QED) is 0.931. The van der Waals surface area contributed by atoms with Crippen LogP contribution >= 0.6 is 23.2 Å². The number of hydrogen-bond donors (Lipinski definition) is 1. The van der Waals surface area contributed by atoms with Gasteiger partial charge in [0.15, 0.2) is 0 Å². The van der Waals surface area contributed by atoms with E-state index in [9.17, 15) is 14.7 Å². The molecule has 4 nitrogen and oxygen atoms in total. The number of aliphatic carboxylic acids is 1. The molecule has 0 heterocycles. The lowest BCUT2D eigenvalue weighted by Crippen LogP contribution is -2.42. The Bertz CT molecular complexity index is 533. The first-order chi connectivity index (χ1) is 9.49. The Morgan fingerprint density at radius 3 is 2.35 bits per heavy atom. The lowest BCUT2D eigenvalue weighted by molar-refractivity contribution is -0.313. The highest BCUT2D eigenvalue weighted by atomic mass is 35.5. The predicted molar refractivity (Wildman–Crippen MR) is 75.5 cm³/mol. The van der Waals surface area contributed by atoms with Gasteiger partial charge in [0.1, 0.15) is 0 Å². The number of halogens is 2. The van der Waals surface area contributed by atoms with Gasteiger partial charge in [-0.3, -0.25) is 4.79 Å². The number of benzene rings is 1. The molecule has 0 bridgehead atoms. The summed E-state index contributed by atoms with van der Waals surface area (Å²) in [7, 11) is 0. The topological polar surface area (TPSA) is 69.2 Å². The van der Waals surface area contributed by atoms with E-state index in [4.69, 9.17) is 23.2 Å². The third kappa shape index (κ3) is 3.44. The van der Waals surface area contributed by atoms with Crippen molar-refractivity contribution in [2.75, 3.05) is 5.32 Å².